The first-order valence-electron chi connectivity index (χ1n) is 4.99. The van der Waals surface area contributed by atoms with Gasteiger partial charge in [-0.05, 0) is 12.8 Å². The number of alkyl halides is 2. The van der Waals surface area contributed by atoms with Gasteiger partial charge in [0, 0.05) is 32.2 Å². The molecule has 0 N–H and O–H groups in total. The fraction of sp³-hybridized carbons (Fsp3) is 0.889. The van der Waals surface area contributed by atoms with Crippen molar-refractivity contribution in [3.05, 3.63) is 0 Å². The second-order valence-electron chi connectivity index (χ2n) is 3.89. The number of nitrogens with zero attached hydrogens (tertiary/aromatic N) is 2. The molecule has 0 aromatic carbocycles. The van der Waals surface area contributed by atoms with Crippen LogP contribution < -0.4 is 0 Å². The van der Waals surface area contributed by atoms with Crippen LogP contribution in [0.5, 0.6) is 0 Å². The molecule has 0 unspecified atom stereocenters. The van der Waals surface area contributed by atoms with Crippen molar-refractivity contribution in [2.75, 3.05) is 26.2 Å². The Bertz CT molecular complexity index is 223. The van der Waals surface area contributed by atoms with Crippen molar-refractivity contribution in [1.29, 1.82) is 0 Å². The summed E-state index contributed by atoms with van der Waals surface area (Å²) in [5, 5.41) is 0. The van der Waals surface area contributed by atoms with Crippen LogP contribution in [0.2, 0.25) is 0 Å². The van der Waals surface area contributed by atoms with E-state index in [1.165, 1.54) is 17.7 Å². The predicted molar refractivity (Wildman–Crippen MR) is 47.2 cm³/mol. The molecule has 1 aliphatic heterocycles. The van der Waals surface area contributed by atoms with Crippen LogP contribution in [0.1, 0.15) is 12.8 Å². The van der Waals surface area contributed by atoms with Crippen molar-refractivity contribution in [3.8, 4) is 0 Å². The molecule has 1 saturated carbocycles. The first-order valence-corrected chi connectivity index (χ1v) is 4.99. The van der Waals surface area contributed by atoms with Crippen LogP contribution in [0, 0.1) is 0 Å². The third-order valence-corrected chi connectivity index (χ3v) is 2.88. The molecule has 3 nitrogen and oxygen atoms in total. The highest BCUT2D eigenvalue weighted by Crippen LogP contribution is 2.27. The minimum atomic E-state index is -2.84. The van der Waals surface area contributed by atoms with Gasteiger partial charge < -0.3 is 4.90 Å². The lowest BCUT2D eigenvalue weighted by Crippen LogP contribution is -2.50. The van der Waals surface area contributed by atoms with Gasteiger partial charge in [0.1, 0.15) is 0 Å². The Kier molecular flexibility index (Phi) is 2.67. The van der Waals surface area contributed by atoms with Gasteiger partial charge in [0.15, 0.2) is 0 Å². The molecule has 1 saturated heterocycles. The molecule has 1 amide bonds. The summed E-state index contributed by atoms with van der Waals surface area (Å²) < 4.78 is 24.2. The highest BCUT2D eigenvalue weighted by Gasteiger charge is 2.33. The number of halogens is 2. The third kappa shape index (κ3) is 2.03. The van der Waals surface area contributed by atoms with Gasteiger partial charge in [-0.15, -0.1) is 0 Å². The summed E-state index contributed by atoms with van der Waals surface area (Å²) >= 11 is 0. The number of rotatable bonds is 2. The van der Waals surface area contributed by atoms with Crippen molar-refractivity contribution in [1.82, 2.24) is 9.80 Å². The van der Waals surface area contributed by atoms with Crippen LogP contribution in [0.15, 0.2) is 0 Å². The van der Waals surface area contributed by atoms with E-state index in [2.05, 4.69) is 4.90 Å². The lowest BCUT2D eigenvalue weighted by molar-refractivity contribution is -0.144. The summed E-state index contributed by atoms with van der Waals surface area (Å²) in [6.07, 6.45) is -0.395. The predicted octanol–water partition coefficient (Wildman–Crippen LogP) is 0.558. The van der Waals surface area contributed by atoms with E-state index in [0.29, 0.717) is 19.1 Å². The van der Waals surface area contributed by atoms with Crippen molar-refractivity contribution in [2.24, 2.45) is 0 Å². The molecule has 0 aromatic heterocycles. The van der Waals surface area contributed by atoms with Crippen molar-refractivity contribution < 1.29 is 13.6 Å². The quantitative estimate of drug-likeness (QED) is 0.656. The summed E-state index contributed by atoms with van der Waals surface area (Å²) in [4.78, 5) is 14.5. The lowest BCUT2D eigenvalue weighted by Gasteiger charge is -2.34. The number of carbonyl (C=O) groups is 1. The Hall–Kier alpha value is -0.710. The van der Waals surface area contributed by atoms with Crippen LogP contribution in [-0.4, -0.2) is 54.4 Å². The van der Waals surface area contributed by atoms with Gasteiger partial charge in [0.05, 0.1) is 0 Å². The summed E-state index contributed by atoms with van der Waals surface area (Å²) in [5.74, 6) is -1.01. The van der Waals surface area contributed by atoms with E-state index in [-0.39, 0.29) is 0 Å². The van der Waals surface area contributed by atoms with Crippen LogP contribution in [-0.2, 0) is 4.79 Å². The standard InChI is InChI=1S/C9H14F2N2O/c10-8(11)9(14)13-5-3-12(4-6-13)7-1-2-7/h7-8H,1-6H2. The van der Waals surface area contributed by atoms with E-state index in [1.807, 2.05) is 0 Å². The number of amides is 1. The molecule has 2 aliphatic rings. The Labute approximate surface area is 81.7 Å². The molecule has 0 bridgehead atoms. The van der Waals surface area contributed by atoms with E-state index in [1.54, 1.807) is 0 Å². The molecule has 1 aliphatic carbocycles. The van der Waals surface area contributed by atoms with Crippen LogP contribution in [0.25, 0.3) is 0 Å². The maximum Gasteiger partial charge on any atom is 0.315 e. The molecule has 2 rings (SSSR count). The van der Waals surface area contributed by atoms with Crippen LogP contribution in [0.3, 0.4) is 0 Å². The molecule has 0 aromatic rings. The number of carbonyl (C=O) groups excluding carboxylic acids is 1. The van der Waals surface area contributed by atoms with Gasteiger partial charge in [-0.2, -0.15) is 8.78 Å². The van der Waals surface area contributed by atoms with E-state index < -0.39 is 12.3 Å². The highest BCUT2D eigenvalue weighted by molar-refractivity contribution is 5.79. The fourth-order valence-electron chi connectivity index (χ4n) is 1.89. The minimum Gasteiger partial charge on any atom is -0.335 e. The largest absolute Gasteiger partial charge is 0.335 e. The maximum atomic E-state index is 12.1. The van der Waals surface area contributed by atoms with Crippen LogP contribution in [0.4, 0.5) is 8.78 Å². The van der Waals surface area contributed by atoms with Crippen LogP contribution >= 0.6 is 0 Å². The first-order chi connectivity index (χ1) is 6.68. The molecule has 1 heterocycles. The van der Waals surface area contributed by atoms with E-state index in [9.17, 15) is 13.6 Å². The van der Waals surface area contributed by atoms with Crippen molar-refractivity contribution in [3.63, 3.8) is 0 Å². The average Bonchev–Trinajstić information content (AvgIpc) is 3.00. The zero-order valence-electron chi connectivity index (χ0n) is 7.96. The first kappa shape index (κ1) is 9.83. The molecule has 5 heteroatoms. The zero-order valence-corrected chi connectivity index (χ0v) is 7.96. The fourth-order valence-corrected chi connectivity index (χ4v) is 1.89. The normalized spacial score (nSPS) is 24.4. The summed E-state index contributed by atoms with van der Waals surface area (Å²) in [5.41, 5.74) is 0. The molecular weight excluding hydrogens is 190 g/mol. The van der Waals surface area contributed by atoms with Gasteiger partial charge in [-0.1, -0.05) is 0 Å². The zero-order chi connectivity index (χ0) is 10.1. The van der Waals surface area contributed by atoms with Gasteiger partial charge in [-0.3, -0.25) is 9.69 Å². The van der Waals surface area contributed by atoms with Gasteiger partial charge >= 0.3 is 6.43 Å². The average molecular weight is 204 g/mol. The minimum absolute atomic E-state index is 0.458. The smallest absolute Gasteiger partial charge is 0.315 e. The molecule has 14 heavy (non-hydrogen) atoms. The number of hydrogen-bond donors (Lipinski definition) is 0. The van der Waals surface area contributed by atoms with E-state index >= 15 is 0 Å². The number of hydrogen-bond acceptors (Lipinski definition) is 2. The Morgan fingerprint density at radius 2 is 1.71 bits per heavy atom. The van der Waals surface area contributed by atoms with Crippen molar-refractivity contribution >= 4 is 5.91 Å². The highest BCUT2D eigenvalue weighted by atomic mass is 19.3. The lowest BCUT2D eigenvalue weighted by atomic mass is 10.3. The van der Waals surface area contributed by atoms with Gasteiger partial charge in [0.25, 0.3) is 5.91 Å². The Morgan fingerprint density at radius 1 is 1.14 bits per heavy atom. The Balaban J connectivity index is 1.80. The molecule has 0 radical (unpaired) electrons. The third-order valence-electron chi connectivity index (χ3n) is 2.88. The van der Waals surface area contributed by atoms with E-state index in [4.69, 9.17) is 0 Å². The monoisotopic (exact) mass is 204 g/mol. The van der Waals surface area contributed by atoms with Gasteiger partial charge in [-0.25, -0.2) is 0 Å². The van der Waals surface area contributed by atoms with Crippen molar-refractivity contribution in [2.45, 2.75) is 25.3 Å². The summed E-state index contributed by atoms with van der Waals surface area (Å²) in [6, 6.07) is 0.666. The molecule has 2 fully saturated rings. The number of piperazine rings is 1. The van der Waals surface area contributed by atoms with E-state index in [0.717, 1.165) is 13.1 Å². The topological polar surface area (TPSA) is 23.6 Å². The maximum absolute atomic E-state index is 12.1. The molecule has 0 spiro atoms. The summed E-state index contributed by atoms with van der Waals surface area (Å²) in [7, 11) is 0. The molecule has 0 atom stereocenters. The Morgan fingerprint density at radius 3 is 2.14 bits per heavy atom. The van der Waals surface area contributed by atoms with Gasteiger partial charge in [0.2, 0.25) is 0 Å². The second-order valence-corrected chi connectivity index (χ2v) is 3.89. The molecular formula is C9H14F2N2O. The SMILES string of the molecule is O=C(C(F)F)N1CCN(C2CC2)CC1. The molecule has 80 valence electrons. The summed E-state index contributed by atoms with van der Waals surface area (Å²) in [6.45, 7) is 2.42. The second kappa shape index (κ2) is 3.81.